The standard InChI is InChI=1S/C12H18BrN3O2/c1-3-7-4-5-8(12(17)18)9(6-7)10-11(13)14-15-16(10)2/h7-9H,3-6H2,1-2H3,(H,17,18). The molecule has 0 aromatic carbocycles. The summed E-state index contributed by atoms with van der Waals surface area (Å²) in [5.74, 6) is -0.410. The zero-order valence-corrected chi connectivity index (χ0v) is 12.2. The van der Waals surface area contributed by atoms with E-state index in [1.165, 1.54) is 0 Å². The summed E-state index contributed by atoms with van der Waals surface area (Å²) < 4.78 is 2.38. The molecule has 1 aromatic heterocycles. The Hall–Kier alpha value is -0.910. The Balaban J connectivity index is 2.33. The van der Waals surface area contributed by atoms with Gasteiger partial charge in [0.05, 0.1) is 11.6 Å². The molecule has 6 heteroatoms. The number of carbonyl (C=O) groups is 1. The number of carboxylic acid groups (broad SMARTS) is 1. The Kier molecular flexibility index (Phi) is 4.04. The van der Waals surface area contributed by atoms with Crippen molar-refractivity contribution in [2.45, 2.75) is 38.5 Å². The molecule has 1 N–H and O–H groups in total. The van der Waals surface area contributed by atoms with E-state index >= 15 is 0 Å². The lowest BCUT2D eigenvalue weighted by atomic mass is 9.72. The van der Waals surface area contributed by atoms with Gasteiger partial charge in [-0.25, -0.2) is 0 Å². The molecule has 3 atom stereocenters. The minimum absolute atomic E-state index is 0.00979. The van der Waals surface area contributed by atoms with E-state index in [9.17, 15) is 9.90 Å². The molecule has 1 aromatic rings. The number of aryl methyl sites for hydroxylation is 1. The molecule has 0 spiro atoms. The van der Waals surface area contributed by atoms with Crippen molar-refractivity contribution in [2.24, 2.45) is 18.9 Å². The van der Waals surface area contributed by atoms with Gasteiger partial charge in [-0.1, -0.05) is 18.6 Å². The fourth-order valence-corrected chi connectivity index (χ4v) is 3.58. The SMILES string of the molecule is CCC1CCC(C(=O)O)C(c2c(Br)nnn2C)C1. The summed E-state index contributed by atoms with van der Waals surface area (Å²) in [5, 5.41) is 17.3. The van der Waals surface area contributed by atoms with Crippen LogP contribution in [0.4, 0.5) is 0 Å². The van der Waals surface area contributed by atoms with Crippen molar-refractivity contribution < 1.29 is 9.90 Å². The van der Waals surface area contributed by atoms with Crippen molar-refractivity contribution in [3.8, 4) is 0 Å². The van der Waals surface area contributed by atoms with Crippen LogP contribution in [0.3, 0.4) is 0 Å². The van der Waals surface area contributed by atoms with Crippen LogP contribution in [0.25, 0.3) is 0 Å². The molecule has 0 aliphatic heterocycles. The van der Waals surface area contributed by atoms with Crippen LogP contribution in [0, 0.1) is 11.8 Å². The van der Waals surface area contributed by atoms with Gasteiger partial charge in [0.25, 0.3) is 0 Å². The maximum atomic E-state index is 11.4. The van der Waals surface area contributed by atoms with E-state index in [4.69, 9.17) is 0 Å². The minimum atomic E-state index is -0.706. The van der Waals surface area contributed by atoms with Gasteiger partial charge in [-0.05, 0) is 41.1 Å². The van der Waals surface area contributed by atoms with Gasteiger partial charge in [0.15, 0.2) is 4.60 Å². The minimum Gasteiger partial charge on any atom is -0.481 e. The first-order valence-electron chi connectivity index (χ1n) is 6.32. The first-order chi connectivity index (χ1) is 8.54. The van der Waals surface area contributed by atoms with Crippen molar-refractivity contribution in [3.05, 3.63) is 10.3 Å². The van der Waals surface area contributed by atoms with Crippen LogP contribution < -0.4 is 0 Å². The number of nitrogens with zero attached hydrogens (tertiary/aromatic N) is 3. The number of aliphatic carboxylic acids is 1. The summed E-state index contributed by atoms with van der Waals surface area (Å²) >= 11 is 3.38. The van der Waals surface area contributed by atoms with Crippen LogP contribution in [0.1, 0.15) is 44.2 Å². The van der Waals surface area contributed by atoms with E-state index < -0.39 is 5.97 Å². The van der Waals surface area contributed by atoms with Crippen LogP contribution in [-0.4, -0.2) is 26.1 Å². The van der Waals surface area contributed by atoms with Crippen LogP contribution in [0.5, 0.6) is 0 Å². The fraction of sp³-hybridized carbons (Fsp3) is 0.750. The first-order valence-corrected chi connectivity index (χ1v) is 7.11. The third-order valence-corrected chi connectivity index (χ3v) is 4.60. The summed E-state index contributed by atoms with van der Waals surface area (Å²) in [5.41, 5.74) is 0.917. The molecule has 0 amide bonds. The zero-order chi connectivity index (χ0) is 13.3. The average molecular weight is 316 g/mol. The molecule has 100 valence electrons. The number of hydrogen-bond acceptors (Lipinski definition) is 3. The quantitative estimate of drug-likeness (QED) is 0.930. The number of carboxylic acids is 1. The maximum absolute atomic E-state index is 11.4. The van der Waals surface area contributed by atoms with Gasteiger partial charge in [0.2, 0.25) is 0 Å². The van der Waals surface area contributed by atoms with Gasteiger partial charge in [-0.3, -0.25) is 9.48 Å². The summed E-state index contributed by atoms with van der Waals surface area (Å²) in [4.78, 5) is 11.4. The topological polar surface area (TPSA) is 68.0 Å². The number of aromatic nitrogens is 3. The lowest BCUT2D eigenvalue weighted by molar-refractivity contribution is -0.144. The Morgan fingerprint density at radius 2 is 2.28 bits per heavy atom. The molecule has 0 radical (unpaired) electrons. The zero-order valence-electron chi connectivity index (χ0n) is 10.6. The van der Waals surface area contributed by atoms with Crippen molar-refractivity contribution in [1.29, 1.82) is 0 Å². The normalized spacial score (nSPS) is 28.3. The van der Waals surface area contributed by atoms with E-state index in [-0.39, 0.29) is 11.8 Å². The molecule has 3 unspecified atom stereocenters. The Morgan fingerprint density at radius 1 is 1.56 bits per heavy atom. The Morgan fingerprint density at radius 3 is 2.78 bits per heavy atom. The van der Waals surface area contributed by atoms with Gasteiger partial charge in [-0.15, -0.1) is 5.10 Å². The van der Waals surface area contributed by atoms with E-state index in [1.807, 2.05) is 7.05 Å². The van der Waals surface area contributed by atoms with E-state index in [1.54, 1.807) is 4.68 Å². The highest BCUT2D eigenvalue weighted by Gasteiger charge is 2.38. The third kappa shape index (κ3) is 2.43. The summed E-state index contributed by atoms with van der Waals surface area (Å²) in [7, 11) is 1.82. The summed E-state index contributed by atoms with van der Waals surface area (Å²) in [6.45, 7) is 2.17. The monoisotopic (exact) mass is 315 g/mol. The number of rotatable bonds is 3. The van der Waals surface area contributed by atoms with Gasteiger partial charge in [0.1, 0.15) is 0 Å². The fourth-order valence-electron chi connectivity index (χ4n) is 2.96. The van der Waals surface area contributed by atoms with E-state index in [0.717, 1.165) is 31.4 Å². The lowest BCUT2D eigenvalue weighted by Gasteiger charge is -2.33. The van der Waals surface area contributed by atoms with E-state index in [2.05, 4.69) is 33.2 Å². The Bertz CT molecular complexity index is 427. The average Bonchev–Trinajstić information content (AvgIpc) is 2.68. The summed E-state index contributed by atoms with van der Waals surface area (Å²) in [6.07, 6.45) is 3.77. The van der Waals surface area contributed by atoms with Crippen LogP contribution >= 0.6 is 15.9 Å². The molecule has 0 bridgehead atoms. The van der Waals surface area contributed by atoms with Gasteiger partial charge in [-0.2, -0.15) is 0 Å². The molecule has 1 fully saturated rings. The van der Waals surface area contributed by atoms with Crippen LogP contribution in [0.15, 0.2) is 4.60 Å². The highest BCUT2D eigenvalue weighted by Crippen LogP contribution is 2.43. The third-order valence-electron chi connectivity index (χ3n) is 4.03. The van der Waals surface area contributed by atoms with Gasteiger partial charge in [0, 0.05) is 13.0 Å². The molecule has 1 aliphatic rings. The predicted octanol–water partition coefficient (Wildman–Crippen LogP) is 2.57. The largest absolute Gasteiger partial charge is 0.481 e. The maximum Gasteiger partial charge on any atom is 0.307 e. The lowest BCUT2D eigenvalue weighted by Crippen LogP contribution is -2.30. The van der Waals surface area contributed by atoms with Crippen molar-refractivity contribution in [3.63, 3.8) is 0 Å². The highest BCUT2D eigenvalue weighted by molar-refractivity contribution is 9.10. The molecule has 0 saturated heterocycles. The second-order valence-corrected chi connectivity index (χ2v) is 5.78. The molecule has 1 heterocycles. The van der Waals surface area contributed by atoms with Crippen molar-refractivity contribution in [2.75, 3.05) is 0 Å². The van der Waals surface area contributed by atoms with Crippen LogP contribution in [-0.2, 0) is 11.8 Å². The van der Waals surface area contributed by atoms with Crippen LogP contribution in [0.2, 0.25) is 0 Å². The second-order valence-electron chi connectivity index (χ2n) is 5.03. The predicted molar refractivity (Wildman–Crippen MR) is 70.2 cm³/mol. The molecule has 1 aliphatic carbocycles. The molecular weight excluding hydrogens is 298 g/mol. The first kappa shape index (κ1) is 13.5. The van der Waals surface area contributed by atoms with Gasteiger partial charge >= 0.3 is 5.97 Å². The van der Waals surface area contributed by atoms with E-state index in [0.29, 0.717) is 10.5 Å². The number of halogens is 1. The molecule has 18 heavy (non-hydrogen) atoms. The Labute approximate surface area is 115 Å². The summed E-state index contributed by atoms with van der Waals surface area (Å²) in [6, 6.07) is 0. The molecule has 5 nitrogen and oxygen atoms in total. The smallest absolute Gasteiger partial charge is 0.307 e. The molecular formula is C12H18BrN3O2. The number of hydrogen-bond donors (Lipinski definition) is 1. The van der Waals surface area contributed by atoms with Crippen molar-refractivity contribution in [1.82, 2.24) is 15.0 Å². The molecule has 1 saturated carbocycles. The molecule has 2 rings (SSSR count). The van der Waals surface area contributed by atoms with Crippen molar-refractivity contribution >= 4 is 21.9 Å². The highest BCUT2D eigenvalue weighted by atomic mass is 79.9. The van der Waals surface area contributed by atoms with Gasteiger partial charge < -0.3 is 5.11 Å². The second kappa shape index (κ2) is 5.38.